The number of alkyl halides is 1. The van der Waals surface area contributed by atoms with Crippen LogP contribution < -0.4 is 11.1 Å². The molecule has 1 aliphatic heterocycles. The summed E-state index contributed by atoms with van der Waals surface area (Å²) in [7, 11) is 2.17. The van der Waals surface area contributed by atoms with Crippen molar-refractivity contribution in [2.45, 2.75) is 18.9 Å². The van der Waals surface area contributed by atoms with E-state index in [4.69, 9.17) is 17.3 Å². The number of hydrogen-bond donors (Lipinski definition) is 2. The first-order chi connectivity index (χ1) is 9.17. The molecule has 0 aromatic heterocycles. The minimum Gasteiger partial charge on any atom is -0.386 e. The molecule has 1 aromatic carbocycles. The van der Waals surface area contributed by atoms with Crippen LogP contribution in [0.3, 0.4) is 0 Å². The molecule has 5 heteroatoms. The van der Waals surface area contributed by atoms with Crippen LogP contribution in [0.5, 0.6) is 0 Å². The Labute approximate surface area is 119 Å². The van der Waals surface area contributed by atoms with Crippen LogP contribution in [0.15, 0.2) is 29.3 Å². The highest BCUT2D eigenvalue weighted by Crippen LogP contribution is 2.19. The van der Waals surface area contributed by atoms with Gasteiger partial charge in [0.2, 0.25) is 0 Å². The topological polar surface area (TPSA) is 53.6 Å². The predicted octanol–water partition coefficient (Wildman–Crippen LogP) is 2.42. The first-order valence-corrected chi connectivity index (χ1v) is 7.15. The molecule has 104 valence electrons. The normalized spacial score (nSPS) is 18.5. The Hall–Kier alpha value is -1.26. The van der Waals surface area contributed by atoms with E-state index in [-0.39, 0.29) is 5.88 Å². The van der Waals surface area contributed by atoms with Crippen molar-refractivity contribution in [2.24, 2.45) is 10.7 Å². The zero-order chi connectivity index (χ0) is 13.7. The lowest BCUT2D eigenvalue weighted by Crippen LogP contribution is -2.36. The standard InChI is InChI=1S/C14H21ClN4/c1-19-8-6-13(7-9-19)17-11-2-4-12(5-3-11)18-14(16)10-15/h2-5,13,17H,6-10H2,1H3,(H2,16,18). The van der Waals surface area contributed by atoms with Crippen LogP contribution in [0.25, 0.3) is 0 Å². The molecule has 2 rings (SSSR count). The third-order valence-electron chi connectivity index (χ3n) is 3.37. The van der Waals surface area contributed by atoms with Crippen LogP contribution in [0, 0.1) is 0 Å². The Morgan fingerprint density at radius 2 is 2.00 bits per heavy atom. The lowest BCUT2D eigenvalue weighted by atomic mass is 10.1. The van der Waals surface area contributed by atoms with Gasteiger partial charge in [0.15, 0.2) is 0 Å². The minimum atomic E-state index is 0.260. The number of aliphatic imine (C=N–C) groups is 1. The maximum atomic E-state index is 5.60. The van der Waals surface area contributed by atoms with Gasteiger partial charge in [-0.2, -0.15) is 0 Å². The fourth-order valence-electron chi connectivity index (χ4n) is 2.22. The molecule has 0 saturated carbocycles. The third-order valence-corrected chi connectivity index (χ3v) is 3.64. The number of piperidine rings is 1. The number of nitrogens with two attached hydrogens (primary N) is 1. The highest BCUT2D eigenvalue weighted by molar-refractivity contribution is 6.28. The summed E-state index contributed by atoms with van der Waals surface area (Å²) in [6, 6.07) is 8.56. The SMILES string of the molecule is CN1CCC(Nc2ccc(N=C(N)CCl)cc2)CC1. The van der Waals surface area contributed by atoms with Crippen molar-refractivity contribution in [3.63, 3.8) is 0 Å². The van der Waals surface area contributed by atoms with E-state index in [1.54, 1.807) is 0 Å². The predicted molar refractivity (Wildman–Crippen MR) is 82.6 cm³/mol. The molecule has 0 unspecified atom stereocenters. The summed E-state index contributed by atoms with van der Waals surface area (Å²) < 4.78 is 0. The summed E-state index contributed by atoms with van der Waals surface area (Å²) in [5.41, 5.74) is 7.58. The van der Waals surface area contributed by atoms with E-state index < -0.39 is 0 Å². The van der Waals surface area contributed by atoms with Gasteiger partial charge < -0.3 is 16.0 Å². The summed E-state index contributed by atoms with van der Waals surface area (Å²) in [6.07, 6.45) is 2.38. The summed E-state index contributed by atoms with van der Waals surface area (Å²) in [5.74, 6) is 0.702. The van der Waals surface area contributed by atoms with Crippen LogP contribution in [0.2, 0.25) is 0 Å². The number of rotatable bonds is 4. The van der Waals surface area contributed by atoms with Gasteiger partial charge in [0, 0.05) is 11.7 Å². The Kier molecular flexibility index (Phi) is 5.05. The van der Waals surface area contributed by atoms with Crippen LogP contribution >= 0.6 is 11.6 Å². The van der Waals surface area contributed by atoms with E-state index in [9.17, 15) is 0 Å². The highest BCUT2D eigenvalue weighted by Gasteiger charge is 2.15. The van der Waals surface area contributed by atoms with E-state index in [0.29, 0.717) is 11.9 Å². The first-order valence-electron chi connectivity index (χ1n) is 6.61. The van der Waals surface area contributed by atoms with Gasteiger partial charge in [-0.25, -0.2) is 4.99 Å². The zero-order valence-corrected chi connectivity index (χ0v) is 12.0. The fraction of sp³-hybridized carbons (Fsp3) is 0.500. The number of hydrogen-bond acceptors (Lipinski definition) is 3. The van der Waals surface area contributed by atoms with Gasteiger partial charge in [0.25, 0.3) is 0 Å². The summed E-state index contributed by atoms with van der Waals surface area (Å²) >= 11 is 5.60. The summed E-state index contributed by atoms with van der Waals surface area (Å²) in [5, 5.41) is 3.56. The van der Waals surface area contributed by atoms with E-state index in [1.807, 2.05) is 24.3 Å². The molecule has 1 aliphatic rings. The molecule has 1 aromatic rings. The molecule has 0 radical (unpaired) electrons. The molecule has 1 fully saturated rings. The molecule has 3 N–H and O–H groups in total. The van der Waals surface area contributed by atoms with Crippen molar-refractivity contribution in [3.8, 4) is 0 Å². The molecule has 0 spiro atoms. The fourth-order valence-corrected chi connectivity index (χ4v) is 2.28. The lowest BCUT2D eigenvalue weighted by Gasteiger charge is -2.30. The third kappa shape index (κ3) is 4.40. The second-order valence-corrected chi connectivity index (χ2v) is 5.27. The Balaban J connectivity index is 1.92. The first kappa shape index (κ1) is 14.2. The van der Waals surface area contributed by atoms with Crippen LogP contribution in [-0.4, -0.2) is 42.8 Å². The number of nitrogens with one attached hydrogen (secondary N) is 1. The van der Waals surface area contributed by atoms with Crippen LogP contribution in [0.1, 0.15) is 12.8 Å². The molecule has 0 atom stereocenters. The minimum absolute atomic E-state index is 0.260. The molecular weight excluding hydrogens is 260 g/mol. The number of amidine groups is 1. The van der Waals surface area contributed by atoms with E-state index in [2.05, 4.69) is 22.3 Å². The van der Waals surface area contributed by atoms with E-state index in [0.717, 1.165) is 24.5 Å². The smallest absolute Gasteiger partial charge is 0.115 e. The number of nitrogens with zero attached hydrogens (tertiary/aromatic N) is 2. The largest absolute Gasteiger partial charge is 0.386 e. The van der Waals surface area contributed by atoms with Gasteiger partial charge in [-0.15, -0.1) is 11.6 Å². The molecule has 19 heavy (non-hydrogen) atoms. The number of anilines is 1. The summed E-state index contributed by atoms with van der Waals surface area (Å²) in [6.45, 7) is 2.32. The number of likely N-dealkylation sites (tertiary alicyclic amines) is 1. The van der Waals surface area contributed by atoms with Crippen molar-refractivity contribution in [1.29, 1.82) is 0 Å². The average molecular weight is 281 g/mol. The molecular formula is C14H21ClN4. The van der Waals surface area contributed by atoms with E-state index >= 15 is 0 Å². The molecule has 0 amide bonds. The van der Waals surface area contributed by atoms with Gasteiger partial charge in [0.05, 0.1) is 11.6 Å². The molecule has 4 nitrogen and oxygen atoms in total. The van der Waals surface area contributed by atoms with Gasteiger partial charge in [0.1, 0.15) is 5.84 Å². The molecule has 1 heterocycles. The van der Waals surface area contributed by atoms with Gasteiger partial charge >= 0.3 is 0 Å². The average Bonchev–Trinajstić information content (AvgIpc) is 2.43. The van der Waals surface area contributed by atoms with Gasteiger partial charge in [-0.1, -0.05) is 0 Å². The van der Waals surface area contributed by atoms with Gasteiger partial charge in [-0.3, -0.25) is 0 Å². The van der Waals surface area contributed by atoms with Gasteiger partial charge in [-0.05, 0) is 57.2 Å². The zero-order valence-electron chi connectivity index (χ0n) is 11.3. The highest BCUT2D eigenvalue weighted by atomic mass is 35.5. The van der Waals surface area contributed by atoms with Crippen LogP contribution in [-0.2, 0) is 0 Å². The van der Waals surface area contributed by atoms with Crippen molar-refractivity contribution < 1.29 is 0 Å². The Morgan fingerprint density at radius 1 is 1.37 bits per heavy atom. The molecule has 1 saturated heterocycles. The summed E-state index contributed by atoms with van der Waals surface area (Å²) in [4.78, 5) is 6.57. The molecule has 0 bridgehead atoms. The van der Waals surface area contributed by atoms with Crippen molar-refractivity contribution in [1.82, 2.24) is 4.90 Å². The van der Waals surface area contributed by atoms with Crippen molar-refractivity contribution >= 4 is 28.8 Å². The quantitative estimate of drug-likeness (QED) is 0.506. The maximum absolute atomic E-state index is 5.60. The maximum Gasteiger partial charge on any atom is 0.115 e. The van der Waals surface area contributed by atoms with E-state index in [1.165, 1.54) is 12.8 Å². The lowest BCUT2D eigenvalue weighted by molar-refractivity contribution is 0.264. The monoisotopic (exact) mass is 280 g/mol. The van der Waals surface area contributed by atoms with Crippen molar-refractivity contribution in [2.75, 3.05) is 31.3 Å². The van der Waals surface area contributed by atoms with Crippen molar-refractivity contribution in [3.05, 3.63) is 24.3 Å². The second kappa shape index (κ2) is 6.78. The number of benzene rings is 1. The Morgan fingerprint density at radius 3 is 2.58 bits per heavy atom. The molecule has 0 aliphatic carbocycles. The van der Waals surface area contributed by atoms with Crippen LogP contribution in [0.4, 0.5) is 11.4 Å². The second-order valence-electron chi connectivity index (χ2n) is 5.01. The number of halogens is 1. The Bertz CT molecular complexity index is 422.